The molecule has 0 spiro atoms. The van der Waals surface area contributed by atoms with E-state index in [0.717, 1.165) is 41.2 Å². The first kappa shape index (κ1) is 22.8. The second-order valence-electron chi connectivity index (χ2n) is 9.41. The molecule has 3 aromatic rings. The van der Waals surface area contributed by atoms with Crippen LogP contribution in [-0.4, -0.2) is 49.0 Å². The first-order valence-corrected chi connectivity index (χ1v) is 12.3. The van der Waals surface area contributed by atoms with Crippen molar-refractivity contribution in [3.63, 3.8) is 0 Å². The Morgan fingerprint density at radius 1 is 1.17 bits per heavy atom. The van der Waals surface area contributed by atoms with Gasteiger partial charge < -0.3 is 24.2 Å². The lowest BCUT2D eigenvalue weighted by Gasteiger charge is -2.29. The lowest BCUT2D eigenvalue weighted by Crippen LogP contribution is -2.37. The zero-order valence-corrected chi connectivity index (χ0v) is 19.8. The number of benzene rings is 2. The van der Waals surface area contributed by atoms with Crippen LogP contribution in [0, 0.1) is 5.82 Å². The van der Waals surface area contributed by atoms with Crippen LogP contribution in [0.2, 0.25) is 0 Å². The average molecular weight is 491 g/mol. The summed E-state index contributed by atoms with van der Waals surface area (Å²) in [5, 5.41) is 9.13. The highest BCUT2D eigenvalue weighted by Gasteiger charge is 2.32. The molecule has 2 aliphatic heterocycles. The van der Waals surface area contributed by atoms with Gasteiger partial charge in [0.15, 0.2) is 0 Å². The Hall–Kier alpha value is -3.65. The van der Waals surface area contributed by atoms with Gasteiger partial charge >= 0.3 is 5.97 Å². The van der Waals surface area contributed by atoms with E-state index in [0.29, 0.717) is 49.7 Å². The molecule has 0 radical (unpaired) electrons. The van der Waals surface area contributed by atoms with Gasteiger partial charge in [-0.25, -0.2) is 9.37 Å². The highest BCUT2D eigenvalue weighted by atomic mass is 19.1. The summed E-state index contributed by atoms with van der Waals surface area (Å²) in [4.78, 5) is 18.0. The molecule has 36 heavy (non-hydrogen) atoms. The summed E-state index contributed by atoms with van der Waals surface area (Å²) in [6.07, 6.45) is 2.76. The molecular formula is C28H27FN2O5. The maximum atomic E-state index is 15.2. The molecule has 7 nitrogen and oxygen atoms in total. The molecule has 1 aromatic heterocycles. The zero-order chi connectivity index (χ0) is 24.6. The Morgan fingerprint density at radius 3 is 2.86 bits per heavy atom. The molecule has 6 rings (SSSR count). The molecular weight excluding hydrogens is 463 g/mol. The predicted molar refractivity (Wildman–Crippen MR) is 131 cm³/mol. The number of rotatable bonds is 6. The van der Waals surface area contributed by atoms with Crippen molar-refractivity contribution in [1.29, 1.82) is 0 Å². The summed E-state index contributed by atoms with van der Waals surface area (Å²) >= 11 is 0. The van der Waals surface area contributed by atoms with Gasteiger partial charge in [0.05, 0.1) is 26.2 Å². The standard InChI is InChI=1S/C28H27FN2O5/c29-23-7-5-20(22-2-1-9-30-28(22)31-10-12-34-13-11-31)21-6-8-24(27(21)23)36-18-3-4-19-17(14-26(32)33)16-35-25(19)15-18/h1-5,7,9,15,17,24H,6,8,10-14,16H2,(H,32,33). The second kappa shape index (κ2) is 9.43. The van der Waals surface area contributed by atoms with Gasteiger partial charge in [-0.15, -0.1) is 0 Å². The van der Waals surface area contributed by atoms with Crippen LogP contribution in [0.15, 0.2) is 48.7 Å². The normalized spacial score (nSPS) is 20.5. The van der Waals surface area contributed by atoms with Crippen LogP contribution in [0.4, 0.5) is 10.2 Å². The van der Waals surface area contributed by atoms with E-state index in [1.807, 2.05) is 30.3 Å². The molecule has 3 heterocycles. The second-order valence-corrected chi connectivity index (χ2v) is 9.41. The van der Waals surface area contributed by atoms with E-state index in [9.17, 15) is 4.79 Å². The SMILES string of the molecule is O=C(O)CC1COc2cc(OC3CCc4c(-c5cccnc5N5CCOCC5)ccc(F)c43)ccc21. The van der Waals surface area contributed by atoms with Crippen molar-refractivity contribution in [2.45, 2.75) is 31.3 Å². The fraction of sp³-hybridized carbons (Fsp3) is 0.357. The molecule has 0 saturated carbocycles. The van der Waals surface area contributed by atoms with E-state index in [-0.39, 0.29) is 18.2 Å². The van der Waals surface area contributed by atoms with Crippen LogP contribution in [0.3, 0.4) is 0 Å². The molecule has 1 N–H and O–H groups in total. The fourth-order valence-electron chi connectivity index (χ4n) is 5.55. The highest BCUT2D eigenvalue weighted by molar-refractivity contribution is 5.79. The Labute approximate surface area is 208 Å². The summed E-state index contributed by atoms with van der Waals surface area (Å²) < 4.78 is 32.7. The van der Waals surface area contributed by atoms with Crippen LogP contribution in [0.5, 0.6) is 11.5 Å². The van der Waals surface area contributed by atoms with Crippen LogP contribution in [0.25, 0.3) is 11.1 Å². The van der Waals surface area contributed by atoms with E-state index < -0.39 is 12.1 Å². The van der Waals surface area contributed by atoms with Gasteiger partial charge in [-0.3, -0.25) is 4.79 Å². The molecule has 0 amide bonds. The number of aromatic nitrogens is 1. The van der Waals surface area contributed by atoms with Crippen molar-refractivity contribution in [2.24, 2.45) is 0 Å². The number of hydrogen-bond donors (Lipinski definition) is 1. The van der Waals surface area contributed by atoms with E-state index in [1.54, 1.807) is 12.3 Å². The smallest absolute Gasteiger partial charge is 0.304 e. The topological polar surface area (TPSA) is 81.1 Å². The number of halogens is 1. The number of pyridine rings is 1. The third-order valence-corrected chi connectivity index (χ3v) is 7.23. The van der Waals surface area contributed by atoms with Gasteiger partial charge in [0.1, 0.15) is 29.2 Å². The van der Waals surface area contributed by atoms with Gasteiger partial charge in [0.2, 0.25) is 0 Å². The van der Waals surface area contributed by atoms with Crippen LogP contribution in [-0.2, 0) is 16.0 Å². The lowest BCUT2D eigenvalue weighted by atomic mass is 9.96. The average Bonchev–Trinajstić information content (AvgIpc) is 3.49. The molecule has 2 aromatic carbocycles. The fourth-order valence-corrected chi connectivity index (χ4v) is 5.55. The lowest BCUT2D eigenvalue weighted by molar-refractivity contribution is -0.137. The third kappa shape index (κ3) is 4.15. The Balaban J connectivity index is 1.29. The zero-order valence-electron chi connectivity index (χ0n) is 19.8. The minimum atomic E-state index is -0.851. The quantitative estimate of drug-likeness (QED) is 0.535. The summed E-state index contributed by atoms with van der Waals surface area (Å²) in [6.45, 7) is 3.20. The molecule has 3 aliphatic rings. The van der Waals surface area contributed by atoms with Crippen molar-refractivity contribution in [3.8, 4) is 22.6 Å². The monoisotopic (exact) mass is 490 g/mol. The minimum absolute atomic E-state index is 0.0258. The van der Waals surface area contributed by atoms with Crippen molar-refractivity contribution >= 4 is 11.8 Å². The number of carbonyl (C=O) groups is 1. The van der Waals surface area contributed by atoms with Crippen molar-refractivity contribution < 1.29 is 28.5 Å². The van der Waals surface area contributed by atoms with Crippen LogP contribution < -0.4 is 14.4 Å². The Bertz CT molecular complexity index is 1310. The maximum absolute atomic E-state index is 15.2. The van der Waals surface area contributed by atoms with Crippen molar-refractivity contribution in [3.05, 3.63) is 71.2 Å². The number of aliphatic carboxylic acids is 1. The highest BCUT2D eigenvalue weighted by Crippen LogP contribution is 2.45. The Morgan fingerprint density at radius 2 is 2.03 bits per heavy atom. The largest absolute Gasteiger partial charge is 0.492 e. The molecule has 1 saturated heterocycles. The van der Waals surface area contributed by atoms with Gasteiger partial charge in [-0.2, -0.15) is 0 Å². The summed E-state index contributed by atoms with van der Waals surface area (Å²) in [7, 11) is 0. The van der Waals surface area contributed by atoms with Gasteiger partial charge in [-0.1, -0.05) is 12.1 Å². The number of hydrogen-bond acceptors (Lipinski definition) is 6. The molecule has 8 heteroatoms. The number of carboxylic acids is 1. The first-order valence-electron chi connectivity index (χ1n) is 12.3. The molecule has 2 unspecified atom stereocenters. The van der Waals surface area contributed by atoms with E-state index >= 15 is 4.39 Å². The van der Waals surface area contributed by atoms with Crippen LogP contribution in [0.1, 0.15) is 41.6 Å². The number of fused-ring (bicyclic) bond motifs is 2. The van der Waals surface area contributed by atoms with Crippen LogP contribution >= 0.6 is 0 Å². The predicted octanol–water partition coefficient (Wildman–Crippen LogP) is 4.74. The molecule has 1 aliphatic carbocycles. The molecule has 1 fully saturated rings. The number of ether oxygens (including phenoxy) is 3. The molecule has 2 atom stereocenters. The van der Waals surface area contributed by atoms with E-state index in [4.69, 9.17) is 19.3 Å². The number of morpholine rings is 1. The van der Waals surface area contributed by atoms with Gasteiger partial charge in [-0.05, 0) is 48.2 Å². The number of nitrogens with zero attached hydrogens (tertiary/aromatic N) is 2. The van der Waals surface area contributed by atoms with Crippen molar-refractivity contribution in [2.75, 3.05) is 37.8 Å². The van der Waals surface area contributed by atoms with Gasteiger partial charge in [0, 0.05) is 48.0 Å². The summed E-state index contributed by atoms with van der Waals surface area (Å²) in [5.74, 6) is 0.826. The Kier molecular flexibility index (Phi) is 5.97. The summed E-state index contributed by atoms with van der Waals surface area (Å²) in [5.41, 5.74) is 4.40. The van der Waals surface area contributed by atoms with Gasteiger partial charge in [0.25, 0.3) is 0 Å². The first-order chi connectivity index (χ1) is 17.6. The van der Waals surface area contributed by atoms with E-state index in [2.05, 4.69) is 9.88 Å². The van der Waals surface area contributed by atoms with E-state index in [1.165, 1.54) is 6.07 Å². The van der Waals surface area contributed by atoms with Crippen molar-refractivity contribution in [1.82, 2.24) is 4.98 Å². The molecule has 0 bridgehead atoms. The third-order valence-electron chi connectivity index (χ3n) is 7.23. The number of carboxylic acid groups (broad SMARTS) is 1. The summed E-state index contributed by atoms with van der Waals surface area (Å²) in [6, 6.07) is 12.8. The molecule has 186 valence electrons. The number of anilines is 1. The maximum Gasteiger partial charge on any atom is 0.304 e. The minimum Gasteiger partial charge on any atom is -0.492 e.